The molecule has 0 unspecified atom stereocenters. The lowest BCUT2D eigenvalue weighted by Crippen LogP contribution is -2.33. The second-order valence-corrected chi connectivity index (χ2v) is 14.0. The van der Waals surface area contributed by atoms with Gasteiger partial charge in [-0.05, 0) is 98.5 Å². The van der Waals surface area contributed by atoms with Gasteiger partial charge in [0, 0.05) is 21.6 Å². The Bertz CT molecular complexity index is 1820. The zero-order valence-electron chi connectivity index (χ0n) is 28.0. The number of ether oxygens (including phenoxy) is 2. The van der Waals surface area contributed by atoms with E-state index in [1.54, 1.807) is 48.5 Å². The lowest BCUT2D eigenvalue weighted by atomic mass is 10.1. The maximum absolute atomic E-state index is 12.9. The first kappa shape index (κ1) is 34.7. The normalized spacial score (nSPS) is 14.4. The quantitative estimate of drug-likeness (QED) is 0.0796. The van der Waals surface area contributed by atoms with E-state index in [0.29, 0.717) is 33.6 Å². The zero-order valence-corrected chi connectivity index (χ0v) is 29.6. The minimum atomic E-state index is -0.363. The molecule has 0 N–H and O–H groups in total. The number of hydrogen-bond acceptors (Lipinski definition) is 10. The summed E-state index contributed by atoms with van der Waals surface area (Å²) in [6, 6.07) is 25.3. The molecule has 4 aromatic carbocycles. The molecule has 0 atom stereocenters. The van der Waals surface area contributed by atoms with E-state index in [1.165, 1.54) is 9.80 Å². The van der Waals surface area contributed by atoms with Gasteiger partial charge in [-0.15, -0.1) is 0 Å². The van der Waals surface area contributed by atoms with Gasteiger partial charge in [-0.2, -0.15) is 0 Å². The van der Waals surface area contributed by atoms with Crippen LogP contribution in [0.1, 0.15) is 63.7 Å². The number of carbonyl (C=O) groups is 4. The maximum Gasteiger partial charge on any atom is 0.262 e. The molecule has 2 heterocycles. The standard InChI is InChI=1S/C38H34N4O6S2/c1-23-17-24(2)20-27(19-23)39-37(47-15-13-41-33(43)29-9-5-6-10-30(29)34(41)44)49-50-38(40-28-21-25(3)18-26(4)22-28)48-16-14-42-35(45)31-11-7-8-12-32(31)36(42)46/h5-12,17-22H,13-16H2,1-4H3. The van der Waals surface area contributed by atoms with Crippen molar-refractivity contribution in [3.8, 4) is 0 Å². The monoisotopic (exact) mass is 706 g/mol. The molecule has 0 saturated heterocycles. The lowest BCUT2D eigenvalue weighted by Gasteiger charge is -2.16. The Labute approximate surface area is 298 Å². The van der Waals surface area contributed by atoms with Crippen molar-refractivity contribution >= 4 is 67.1 Å². The van der Waals surface area contributed by atoms with Crippen LogP contribution in [0.25, 0.3) is 0 Å². The maximum atomic E-state index is 12.9. The molecule has 10 nitrogen and oxygen atoms in total. The average molecular weight is 707 g/mol. The van der Waals surface area contributed by atoms with Crippen molar-refractivity contribution in [3.05, 3.63) is 129 Å². The van der Waals surface area contributed by atoms with Crippen molar-refractivity contribution in [3.63, 3.8) is 0 Å². The summed E-state index contributed by atoms with van der Waals surface area (Å²) in [5.41, 5.74) is 6.95. The van der Waals surface area contributed by atoms with Gasteiger partial charge in [0.05, 0.1) is 46.7 Å². The fourth-order valence-corrected chi connectivity index (χ4v) is 7.43. The number of imide groups is 2. The van der Waals surface area contributed by atoms with Crippen LogP contribution < -0.4 is 0 Å². The Kier molecular flexibility index (Phi) is 10.5. The summed E-state index contributed by atoms with van der Waals surface area (Å²) in [5, 5.41) is 0.516. The van der Waals surface area contributed by atoms with Crippen LogP contribution in [0.15, 0.2) is 94.9 Å². The smallest absolute Gasteiger partial charge is 0.262 e. The highest BCUT2D eigenvalue weighted by atomic mass is 33.1. The molecule has 6 rings (SSSR count). The molecular formula is C38H34N4O6S2. The second-order valence-electron chi connectivity index (χ2n) is 11.9. The van der Waals surface area contributed by atoms with Gasteiger partial charge in [0.25, 0.3) is 34.1 Å². The van der Waals surface area contributed by atoms with Gasteiger partial charge in [-0.1, -0.05) is 36.4 Å². The number of aryl methyl sites for hydroxylation is 4. The number of hydrogen-bond donors (Lipinski definition) is 0. The number of fused-ring (bicyclic) bond motifs is 2. The summed E-state index contributed by atoms with van der Waals surface area (Å²) >= 11 is 0. The zero-order chi connectivity index (χ0) is 35.4. The Morgan fingerprint density at radius 2 is 0.820 bits per heavy atom. The van der Waals surface area contributed by atoms with Crippen LogP contribution in [0.5, 0.6) is 0 Å². The Hall–Kier alpha value is -5.20. The van der Waals surface area contributed by atoms with Gasteiger partial charge < -0.3 is 9.47 Å². The van der Waals surface area contributed by atoms with Gasteiger partial charge in [-0.25, -0.2) is 9.98 Å². The van der Waals surface area contributed by atoms with E-state index >= 15 is 0 Å². The van der Waals surface area contributed by atoms with E-state index in [9.17, 15) is 19.2 Å². The molecule has 0 spiro atoms. The number of benzene rings is 4. The fourth-order valence-electron chi connectivity index (χ4n) is 5.80. The highest BCUT2D eigenvalue weighted by molar-refractivity contribution is 8.87. The van der Waals surface area contributed by atoms with Crippen molar-refractivity contribution in [2.75, 3.05) is 26.3 Å². The topological polar surface area (TPSA) is 118 Å². The van der Waals surface area contributed by atoms with Crippen molar-refractivity contribution in [2.45, 2.75) is 27.7 Å². The lowest BCUT2D eigenvalue weighted by molar-refractivity contribution is 0.0615. The number of rotatable bonds is 8. The third kappa shape index (κ3) is 7.82. The molecule has 0 radical (unpaired) electrons. The van der Waals surface area contributed by atoms with Crippen molar-refractivity contribution in [2.24, 2.45) is 9.98 Å². The summed E-state index contributed by atoms with van der Waals surface area (Å²) in [6.07, 6.45) is 0. The average Bonchev–Trinajstić information content (AvgIpc) is 3.46. The van der Waals surface area contributed by atoms with Crippen LogP contribution in [0.4, 0.5) is 11.4 Å². The van der Waals surface area contributed by atoms with E-state index < -0.39 is 0 Å². The Morgan fingerprint density at radius 3 is 1.12 bits per heavy atom. The van der Waals surface area contributed by atoms with Crippen molar-refractivity contribution in [1.29, 1.82) is 0 Å². The van der Waals surface area contributed by atoms with E-state index in [1.807, 2.05) is 64.1 Å². The third-order valence-electron chi connectivity index (χ3n) is 7.88. The molecule has 2 aliphatic rings. The van der Waals surface area contributed by atoms with Gasteiger partial charge in [0.2, 0.25) is 0 Å². The SMILES string of the molecule is Cc1cc(C)cc(N=C(OCCN2C(=O)c3ccccc3C2=O)SSC(=Nc2cc(C)cc(C)c2)OCCN2C(=O)c3ccccc3C2=O)c1. The molecular weight excluding hydrogens is 673 g/mol. The van der Waals surface area contributed by atoms with Crippen LogP contribution in [-0.4, -0.2) is 70.2 Å². The summed E-state index contributed by atoms with van der Waals surface area (Å²) in [7, 11) is 2.32. The molecule has 2 aliphatic heterocycles. The van der Waals surface area contributed by atoms with E-state index in [0.717, 1.165) is 43.8 Å². The predicted octanol–water partition coefficient (Wildman–Crippen LogP) is 7.60. The summed E-state index contributed by atoms with van der Waals surface area (Å²) < 4.78 is 12.2. The molecule has 0 bridgehead atoms. The minimum Gasteiger partial charge on any atom is -0.470 e. The highest BCUT2D eigenvalue weighted by Crippen LogP contribution is 2.32. The van der Waals surface area contributed by atoms with Crippen LogP contribution in [-0.2, 0) is 9.47 Å². The first-order valence-electron chi connectivity index (χ1n) is 15.9. The van der Waals surface area contributed by atoms with Crippen molar-refractivity contribution < 1.29 is 28.7 Å². The van der Waals surface area contributed by atoms with Crippen LogP contribution in [0, 0.1) is 27.7 Å². The molecule has 254 valence electrons. The van der Waals surface area contributed by atoms with E-state index in [2.05, 4.69) is 0 Å². The number of nitrogens with zero attached hydrogens (tertiary/aromatic N) is 4. The Balaban J connectivity index is 1.19. The summed E-state index contributed by atoms with van der Waals surface area (Å²) in [6.45, 7) is 8.00. The van der Waals surface area contributed by atoms with Crippen LogP contribution in [0.2, 0.25) is 0 Å². The van der Waals surface area contributed by atoms with Crippen LogP contribution in [0.3, 0.4) is 0 Å². The number of amides is 4. The first-order chi connectivity index (χ1) is 24.1. The number of carbonyl (C=O) groups excluding carboxylic acids is 4. The Morgan fingerprint density at radius 1 is 0.520 bits per heavy atom. The molecule has 50 heavy (non-hydrogen) atoms. The number of aliphatic imine (C=N–C) groups is 2. The van der Waals surface area contributed by atoms with Gasteiger partial charge >= 0.3 is 0 Å². The molecule has 0 aliphatic carbocycles. The largest absolute Gasteiger partial charge is 0.470 e. The molecule has 4 aromatic rings. The van der Waals surface area contributed by atoms with Crippen molar-refractivity contribution in [1.82, 2.24) is 9.80 Å². The molecule has 0 saturated carbocycles. The summed E-state index contributed by atoms with van der Waals surface area (Å²) in [5.74, 6) is -1.45. The fraction of sp³-hybridized carbons (Fsp3) is 0.211. The third-order valence-corrected chi connectivity index (χ3v) is 9.77. The van der Waals surface area contributed by atoms with E-state index in [4.69, 9.17) is 19.5 Å². The molecule has 4 amide bonds. The predicted molar refractivity (Wildman–Crippen MR) is 197 cm³/mol. The molecule has 0 fully saturated rings. The second kappa shape index (κ2) is 15.1. The van der Waals surface area contributed by atoms with Crippen LogP contribution >= 0.6 is 21.6 Å². The molecule has 12 heteroatoms. The highest BCUT2D eigenvalue weighted by Gasteiger charge is 2.36. The summed E-state index contributed by atoms with van der Waals surface area (Å²) in [4.78, 5) is 63.5. The van der Waals surface area contributed by atoms with E-state index in [-0.39, 0.29) is 60.4 Å². The van der Waals surface area contributed by atoms with Gasteiger partial charge in [-0.3, -0.25) is 29.0 Å². The first-order valence-corrected chi connectivity index (χ1v) is 18.1. The molecule has 0 aromatic heterocycles. The minimum absolute atomic E-state index is 0.00676. The van der Waals surface area contributed by atoms with Gasteiger partial charge in [0.1, 0.15) is 13.2 Å². The van der Waals surface area contributed by atoms with Gasteiger partial charge in [0.15, 0.2) is 0 Å².